The van der Waals surface area contributed by atoms with Gasteiger partial charge in [-0.2, -0.15) is 0 Å². The zero-order chi connectivity index (χ0) is 18.2. The average Bonchev–Trinajstić information content (AvgIpc) is 2.50. The van der Waals surface area contributed by atoms with Crippen molar-refractivity contribution >= 4 is 11.9 Å². The minimum Gasteiger partial charge on any atom is -0.444 e. The molecule has 1 N–H and O–H groups in total. The fourth-order valence-electron chi connectivity index (χ4n) is 2.00. The quantitative estimate of drug-likeness (QED) is 0.780. The second-order valence-electron chi connectivity index (χ2n) is 6.47. The number of hydrogen-bond donors (Lipinski definition) is 1. The van der Waals surface area contributed by atoms with E-state index in [2.05, 4.69) is 11.2 Å². The van der Waals surface area contributed by atoms with Crippen molar-refractivity contribution in [2.24, 2.45) is 0 Å². The Morgan fingerprint density at radius 3 is 2.42 bits per heavy atom. The van der Waals surface area contributed by atoms with Gasteiger partial charge in [0.15, 0.2) is 5.78 Å². The van der Waals surface area contributed by atoms with Crippen LogP contribution in [0.2, 0.25) is 0 Å². The monoisotopic (exact) mass is 331 g/mol. The Bertz CT molecular complexity index is 584. The number of benzene rings is 1. The normalized spacial score (nSPS) is 13.5. The Labute approximate surface area is 143 Å². The molecule has 5 heteroatoms. The third-order valence-corrected chi connectivity index (χ3v) is 3.12. The second-order valence-corrected chi connectivity index (χ2v) is 6.47. The number of amides is 1. The molecule has 0 aliphatic carbocycles. The predicted molar refractivity (Wildman–Crippen MR) is 92.3 cm³/mol. The topological polar surface area (TPSA) is 64.6 Å². The number of hydrogen-bond acceptors (Lipinski definition) is 4. The van der Waals surface area contributed by atoms with Gasteiger partial charge in [0.1, 0.15) is 11.6 Å². The predicted octanol–water partition coefficient (Wildman–Crippen LogP) is 3.08. The van der Waals surface area contributed by atoms with Crippen molar-refractivity contribution in [3.8, 4) is 12.3 Å². The lowest BCUT2D eigenvalue weighted by atomic mass is 10.1. The van der Waals surface area contributed by atoms with Crippen molar-refractivity contribution in [3.63, 3.8) is 0 Å². The third kappa shape index (κ3) is 7.30. The lowest BCUT2D eigenvalue weighted by Crippen LogP contribution is -2.49. The molecule has 5 nitrogen and oxygen atoms in total. The SMILES string of the molecule is C#CCC(=O)[C@H](NC(=O)OC(C)(C)C)[C@H](C)OCc1ccccc1. The van der Waals surface area contributed by atoms with E-state index in [0.29, 0.717) is 6.61 Å². The van der Waals surface area contributed by atoms with Gasteiger partial charge >= 0.3 is 6.09 Å². The maximum Gasteiger partial charge on any atom is 0.408 e. The first-order valence-electron chi connectivity index (χ1n) is 7.84. The van der Waals surface area contributed by atoms with Crippen LogP contribution in [0.1, 0.15) is 39.7 Å². The molecule has 0 heterocycles. The molecular formula is C19H25NO4. The summed E-state index contributed by atoms with van der Waals surface area (Å²) in [6.45, 7) is 7.30. The summed E-state index contributed by atoms with van der Waals surface area (Å²) in [5, 5.41) is 2.56. The van der Waals surface area contributed by atoms with E-state index in [-0.39, 0.29) is 12.2 Å². The first-order chi connectivity index (χ1) is 11.2. The highest BCUT2D eigenvalue weighted by Gasteiger charge is 2.29. The maximum absolute atomic E-state index is 12.2. The summed E-state index contributed by atoms with van der Waals surface area (Å²) in [5.41, 5.74) is 0.322. The van der Waals surface area contributed by atoms with Crippen LogP contribution in [-0.4, -0.2) is 29.6 Å². The first kappa shape index (κ1) is 19.7. The molecule has 0 aliphatic rings. The number of terminal acetylenes is 1. The van der Waals surface area contributed by atoms with Crippen LogP contribution in [0.25, 0.3) is 0 Å². The van der Waals surface area contributed by atoms with E-state index in [1.807, 2.05) is 30.3 Å². The van der Waals surface area contributed by atoms with Gasteiger partial charge in [0.25, 0.3) is 0 Å². The van der Waals surface area contributed by atoms with Gasteiger partial charge in [-0.25, -0.2) is 4.79 Å². The minimum atomic E-state index is -0.861. The van der Waals surface area contributed by atoms with Crippen LogP contribution < -0.4 is 5.32 Å². The molecule has 0 aliphatic heterocycles. The molecule has 0 radical (unpaired) electrons. The average molecular weight is 331 g/mol. The summed E-state index contributed by atoms with van der Waals surface area (Å²) in [6.07, 6.45) is 3.91. The maximum atomic E-state index is 12.2. The van der Waals surface area contributed by atoms with Crippen molar-refractivity contribution in [3.05, 3.63) is 35.9 Å². The Morgan fingerprint density at radius 2 is 1.88 bits per heavy atom. The molecule has 0 unspecified atom stereocenters. The van der Waals surface area contributed by atoms with Crippen LogP contribution in [0.4, 0.5) is 4.79 Å². The number of carbonyl (C=O) groups is 2. The molecule has 0 spiro atoms. The van der Waals surface area contributed by atoms with Crippen molar-refractivity contribution in [1.82, 2.24) is 5.32 Å². The summed E-state index contributed by atoms with van der Waals surface area (Å²) in [6, 6.07) is 8.71. The number of rotatable bonds is 7. The van der Waals surface area contributed by atoms with E-state index < -0.39 is 23.8 Å². The molecule has 0 bridgehead atoms. The van der Waals surface area contributed by atoms with Crippen LogP contribution in [0.5, 0.6) is 0 Å². The van der Waals surface area contributed by atoms with E-state index in [1.165, 1.54) is 0 Å². The number of carbonyl (C=O) groups excluding carboxylic acids is 2. The van der Waals surface area contributed by atoms with Crippen LogP contribution in [0, 0.1) is 12.3 Å². The number of nitrogens with one attached hydrogen (secondary N) is 1. The summed E-state index contributed by atoms with van der Waals surface area (Å²) >= 11 is 0. The molecule has 0 aromatic heterocycles. The van der Waals surface area contributed by atoms with Crippen molar-refractivity contribution < 1.29 is 19.1 Å². The lowest BCUT2D eigenvalue weighted by Gasteiger charge is -2.26. The van der Waals surface area contributed by atoms with Crippen molar-refractivity contribution in [2.45, 2.75) is 58.5 Å². The summed E-state index contributed by atoms with van der Waals surface area (Å²) in [4.78, 5) is 24.2. The molecule has 1 amide bonds. The van der Waals surface area contributed by atoms with E-state index >= 15 is 0 Å². The van der Waals surface area contributed by atoms with Gasteiger partial charge in [-0.15, -0.1) is 6.42 Å². The van der Waals surface area contributed by atoms with Gasteiger partial charge in [0.2, 0.25) is 0 Å². The van der Waals surface area contributed by atoms with Gasteiger partial charge in [0.05, 0.1) is 19.1 Å². The van der Waals surface area contributed by atoms with Crippen molar-refractivity contribution in [2.75, 3.05) is 0 Å². The zero-order valence-corrected chi connectivity index (χ0v) is 14.7. The van der Waals surface area contributed by atoms with Gasteiger partial charge in [-0.1, -0.05) is 36.3 Å². The molecule has 0 saturated heterocycles. The Balaban J connectivity index is 2.71. The van der Waals surface area contributed by atoms with E-state index in [4.69, 9.17) is 15.9 Å². The highest BCUT2D eigenvalue weighted by Crippen LogP contribution is 2.11. The molecule has 0 fully saturated rings. The van der Waals surface area contributed by atoms with E-state index in [1.54, 1.807) is 27.7 Å². The largest absolute Gasteiger partial charge is 0.444 e. The van der Waals surface area contributed by atoms with Gasteiger partial charge in [-0.3, -0.25) is 4.79 Å². The van der Waals surface area contributed by atoms with Crippen LogP contribution >= 0.6 is 0 Å². The zero-order valence-electron chi connectivity index (χ0n) is 14.7. The fourth-order valence-corrected chi connectivity index (χ4v) is 2.00. The molecule has 1 rings (SSSR count). The summed E-state index contributed by atoms with van der Waals surface area (Å²) in [7, 11) is 0. The Hall–Kier alpha value is -2.32. The van der Waals surface area contributed by atoms with Gasteiger partial charge in [0, 0.05) is 0 Å². The molecular weight excluding hydrogens is 306 g/mol. The summed E-state index contributed by atoms with van der Waals surface area (Å²) < 4.78 is 10.9. The van der Waals surface area contributed by atoms with Crippen molar-refractivity contribution in [1.29, 1.82) is 0 Å². The smallest absolute Gasteiger partial charge is 0.408 e. The molecule has 130 valence electrons. The van der Waals surface area contributed by atoms with Crippen LogP contribution in [0.3, 0.4) is 0 Å². The molecule has 1 aromatic carbocycles. The van der Waals surface area contributed by atoms with Crippen LogP contribution in [0.15, 0.2) is 30.3 Å². The number of Topliss-reactive ketones (excluding diaryl/α,β-unsaturated/α-hetero) is 1. The van der Waals surface area contributed by atoms with Crippen LogP contribution in [-0.2, 0) is 20.9 Å². The second kappa shape index (κ2) is 9.09. The highest BCUT2D eigenvalue weighted by molar-refractivity contribution is 5.89. The molecule has 0 saturated carbocycles. The molecule has 1 aromatic rings. The fraction of sp³-hybridized carbons (Fsp3) is 0.474. The number of ketones is 1. The highest BCUT2D eigenvalue weighted by atomic mass is 16.6. The lowest BCUT2D eigenvalue weighted by molar-refractivity contribution is -0.124. The minimum absolute atomic E-state index is 0.0838. The third-order valence-electron chi connectivity index (χ3n) is 3.12. The molecule has 2 atom stereocenters. The molecule has 24 heavy (non-hydrogen) atoms. The number of alkyl carbamates (subject to hydrolysis) is 1. The van der Waals surface area contributed by atoms with Gasteiger partial charge < -0.3 is 14.8 Å². The van der Waals surface area contributed by atoms with Gasteiger partial charge in [-0.05, 0) is 33.3 Å². The van der Waals surface area contributed by atoms with E-state index in [0.717, 1.165) is 5.56 Å². The number of ether oxygens (including phenoxy) is 2. The standard InChI is InChI=1S/C19H25NO4/c1-6-10-16(21)17(20-18(22)24-19(3,4)5)14(2)23-13-15-11-8-7-9-12-15/h1,7-9,11-12,14,17H,10,13H2,2-5H3,(H,20,22)/t14-,17+/m0/s1. The Kier molecular flexibility index (Phi) is 7.47. The Morgan fingerprint density at radius 1 is 1.25 bits per heavy atom. The summed E-state index contributed by atoms with van der Waals surface area (Å²) in [5.74, 6) is 2.01. The first-order valence-corrected chi connectivity index (χ1v) is 7.84. The van der Waals surface area contributed by atoms with E-state index in [9.17, 15) is 9.59 Å².